The number of nitrogens with zero attached hydrogens (tertiary/aromatic N) is 1. The molecule has 2 aliphatic carbocycles. The molecule has 194 valence electrons. The summed E-state index contributed by atoms with van der Waals surface area (Å²) >= 11 is 2.74. The Balaban J connectivity index is 1.33. The number of carboxylic acids is 1. The van der Waals surface area contributed by atoms with Gasteiger partial charge >= 0.3 is 16.8 Å². The lowest BCUT2D eigenvalue weighted by Crippen LogP contribution is -2.42. The van der Waals surface area contributed by atoms with Crippen LogP contribution in [-0.2, 0) is 23.9 Å². The zero-order chi connectivity index (χ0) is 26.0. The van der Waals surface area contributed by atoms with E-state index in [1.807, 2.05) is 12.1 Å². The number of ether oxygens (including phenoxy) is 2. The van der Waals surface area contributed by atoms with Gasteiger partial charge in [0.25, 0.3) is 0 Å². The molecule has 1 saturated heterocycles. The van der Waals surface area contributed by atoms with Crippen molar-refractivity contribution in [2.45, 2.75) is 29.5 Å². The number of rotatable bonds is 7. The summed E-state index contributed by atoms with van der Waals surface area (Å²) in [6.45, 7) is 1.20. The number of amides is 2. The molecule has 2 N–H and O–H groups in total. The number of carboxylic acid groups (broad SMARTS) is 1. The lowest BCUT2D eigenvalue weighted by Gasteiger charge is -2.43. The summed E-state index contributed by atoms with van der Waals surface area (Å²) in [5.41, 5.74) is 0.957. The van der Waals surface area contributed by atoms with Crippen LogP contribution in [0.2, 0.25) is 0 Å². The minimum atomic E-state index is -1.20. The highest BCUT2D eigenvalue weighted by Crippen LogP contribution is 2.68. The molecule has 12 heteroatoms. The number of aliphatic carboxylic acids is 1. The molecule has 10 nitrogen and oxygen atoms in total. The third-order valence-corrected chi connectivity index (χ3v) is 10.6. The van der Waals surface area contributed by atoms with Gasteiger partial charge in [-0.05, 0) is 48.8 Å². The van der Waals surface area contributed by atoms with E-state index in [-0.39, 0.29) is 58.8 Å². The van der Waals surface area contributed by atoms with Crippen molar-refractivity contribution < 1.29 is 33.8 Å². The molecule has 7 atom stereocenters. The van der Waals surface area contributed by atoms with Gasteiger partial charge in [-0.3, -0.25) is 24.1 Å². The molecule has 0 spiro atoms. The van der Waals surface area contributed by atoms with Gasteiger partial charge < -0.3 is 19.6 Å². The van der Waals surface area contributed by atoms with Gasteiger partial charge in [0.1, 0.15) is 12.3 Å². The zero-order valence-electron chi connectivity index (χ0n) is 19.7. The van der Waals surface area contributed by atoms with Gasteiger partial charge in [-0.1, -0.05) is 23.5 Å². The second kappa shape index (κ2) is 9.02. The van der Waals surface area contributed by atoms with Gasteiger partial charge in [0.05, 0.1) is 23.5 Å². The fraction of sp³-hybridized carbons (Fsp3) is 0.480. The maximum Gasteiger partial charge on any atom is 0.344 e. The van der Waals surface area contributed by atoms with Crippen LogP contribution < -0.4 is 9.61 Å². The summed E-state index contributed by atoms with van der Waals surface area (Å²) in [6.07, 6.45) is 0.729. The number of hydrogen-bond donors (Lipinski definition) is 2. The van der Waals surface area contributed by atoms with Crippen LogP contribution in [0.1, 0.15) is 29.7 Å². The van der Waals surface area contributed by atoms with Crippen LogP contribution in [0.25, 0.3) is 0 Å². The number of thioether (sulfide) groups is 1. The van der Waals surface area contributed by atoms with Gasteiger partial charge in [0.2, 0.25) is 11.8 Å². The maximum absolute atomic E-state index is 13.2. The number of likely N-dealkylation sites (tertiary alicyclic amines) is 1. The average Bonchev–Trinajstić information content (AvgIpc) is 3.59. The molecule has 3 heterocycles. The quantitative estimate of drug-likeness (QED) is 0.395. The van der Waals surface area contributed by atoms with Crippen LogP contribution in [0.15, 0.2) is 34.1 Å². The van der Waals surface area contributed by atoms with Crippen molar-refractivity contribution in [3.8, 4) is 5.75 Å². The third kappa shape index (κ3) is 3.80. The number of esters is 1. The van der Waals surface area contributed by atoms with Crippen molar-refractivity contribution in [3.05, 3.63) is 44.4 Å². The number of H-pyrrole nitrogens is 1. The number of carbonyl (C=O) groups excluding carboxylic acids is 3. The first kappa shape index (κ1) is 24.2. The number of fused-ring (bicyclic) bond motifs is 9. The van der Waals surface area contributed by atoms with E-state index in [0.29, 0.717) is 5.75 Å². The van der Waals surface area contributed by atoms with E-state index in [0.717, 1.165) is 38.1 Å². The van der Waals surface area contributed by atoms with Crippen molar-refractivity contribution in [2.24, 2.45) is 29.6 Å². The van der Waals surface area contributed by atoms with E-state index in [9.17, 15) is 29.1 Å². The normalized spacial score (nSPS) is 31.2. The Labute approximate surface area is 219 Å². The molecule has 1 aromatic carbocycles. The molecule has 2 aliphatic heterocycles. The van der Waals surface area contributed by atoms with Crippen molar-refractivity contribution in [3.63, 3.8) is 0 Å². The van der Waals surface area contributed by atoms with Crippen molar-refractivity contribution >= 4 is 46.9 Å². The van der Waals surface area contributed by atoms with E-state index in [1.165, 1.54) is 0 Å². The number of thiazole rings is 1. The van der Waals surface area contributed by atoms with Gasteiger partial charge in [0, 0.05) is 16.0 Å². The van der Waals surface area contributed by atoms with Crippen molar-refractivity contribution in [1.82, 2.24) is 9.88 Å². The summed E-state index contributed by atoms with van der Waals surface area (Å²) in [5.74, 6) is -3.23. The molecule has 2 amide bonds. The predicted octanol–water partition coefficient (Wildman–Crippen LogP) is 1.94. The summed E-state index contributed by atoms with van der Waals surface area (Å²) < 4.78 is 10.4. The van der Waals surface area contributed by atoms with E-state index in [2.05, 4.69) is 4.98 Å². The number of benzene rings is 1. The van der Waals surface area contributed by atoms with Crippen molar-refractivity contribution in [2.75, 3.05) is 19.8 Å². The van der Waals surface area contributed by atoms with E-state index in [1.54, 1.807) is 30.8 Å². The largest absolute Gasteiger partial charge is 0.482 e. The minimum Gasteiger partial charge on any atom is -0.482 e. The molecular formula is C25H24N2O8S2. The lowest BCUT2D eigenvalue weighted by atomic mass is 9.68. The Kier molecular flexibility index (Phi) is 5.90. The minimum absolute atomic E-state index is 0.0167. The molecule has 4 aliphatic rings. The average molecular weight is 545 g/mol. The Morgan fingerprint density at radius 1 is 1.11 bits per heavy atom. The molecule has 37 heavy (non-hydrogen) atoms. The number of nitrogens with one attached hydrogen (secondary N) is 1. The van der Waals surface area contributed by atoms with Gasteiger partial charge in [-0.15, -0.1) is 11.8 Å². The van der Waals surface area contributed by atoms with Crippen LogP contribution in [0, 0.1) is 29.6 Å². The summed E-state index contributed by atoms with van der Waals surface area (Å²) in [5, 5.41) is 10.1. The smallest absolute Gasteiger partial charge is 0.344 e. The zero-order valence-corrected chi connectivity index (χ0v) is 21.4. The predicted molar refractivity (Wildman–Crippen MR) is 131 cm³/mol. The monoisotopic (exact) mass is 544 g/mol. The molecule has 6 rings (SSSR count). The Hall–Kier alpha value is -3.12. The molecule has 6 unspecified atom stereocenters. The second-order valence-corrected chi connectivity index (χ2v) is 12.0. The standard InChI is InChI=1S/C25H24N2O8S2/c1-2-34-15(30)9-35-11-5-3-10(4-6-11)16-17-12-7-13(20(17)36-22-21(16)37-25(33)26-22)19-18(12)23(31)27(24(19)32)8-14(28)29/h3-6,12-13,16-20H,2,7-9H2,1H3,(H,26,33)(H,28,29)/t12?,13?,16-,17?,18?,19?,20?/m1/s1. The summed E-state index contributed by atoms with van der Waals surface area (Å²) in [6, 6.07) is 7.37. The van der Waals surface area contributed by atoms with Gasteiger partial charge in [-0.2, -0.15) is 0 Å². The molecule has 2 aromatic rings. The van der Waals surface area contributed by atoms with Crippen molar-refractivity contribution in [1.29, 1.82) is 0 Å². The number of hydrogen-bond acceptors (Lipinski definition) is 9. The first-order valence-corrected chi connectivity index (χ1v) is 13.8. The number of aromatic nitrogens is 1. The second-order valence-electron chi connectivity index (χ2n) is 9.78. The van der Waals surface area contributed by atoms with E-state index in [4.69, 9.17) is 9.47 Å². The Morgan fingerprint density at radius 3 is 2.49 bits per heavy atom. The van der Waals surface area contributed by atoms with Gasteiger partial charge in [-0.25, -0.2) is 4.79 Å². The SMILES string of the molecule is CCOC(=O)COc1ccc([C@H]2c3sc(=O)[nH]c3SC3C4CC(C5C(=O)N(CC(=O)O)C(=O)C45)C32)cc1. The topological polar surface area (TPSA) is 143 Å². The Morgan fingerprint density at radius 2 is 1.81 bits per heavy atom. The summed E-state index contributed by atoms with van der Waals surface area (Å²) in [7, 11) is 0. The number of aromatic amines is 1. The highest BCUT2D eigenvalue weighted by Gasteiger charge is 2.69. The first-order valence-electron chi connectivity index (χ1n) is 12.1. The molecule has 1 aromatic heterocycles. The summed E-state index contributed by atoms with van der Waals surface area (Å²) in [4.78, 5) is 66.3. The third-order valence-electron chi connectivity index (χ3n) is 8.01. The Bertz CT molecular complexity index is 1350. The van der Waals surface area contributed by atoms with Crippen LogP contribution >= 0.6 is 23.1 Å². The number of carbonyl (C=O) groups is 4. The molecule has 2 saturated carbocycles. The van der Waals surface area contributed by atoms with Crippen LogP contribution in [-0.4, -0.2) is 63.8 Å². The van der Waals surface area contributed by atoms with E-state index >= 15 is 0 Å². The highest BCUT2D eigenvalue weighted by molar-refractivity contribution is 8.00. The van der Waals surface area contributed by atoms with Gasteiger partial charge in [0.15, 0.2) is 6.61 Å². The number of imide groups is 1. The van der Waals surface area contributed by atoms with Crippen LogP contribution in [0.5, 0.6) is 5.75 Å². The fourth-order valence-electron chi connectivity index (χ4n) is 6.86. The lowest BCUT2D eigenvalue weighted by molar-refractivity contribution is -0.150. The highest BCUT2D eigenvalue weighted by atomic mass is 32.2. The van der Waals surface area contributed by atoms with Crippen LogP contribution in [0.4, 0.5) is 0 Å². The molecule has 3 fully saturated rings. The first-order chi connectivity index (χ1) is 17.8. The van der Waals surface area contributed by atoms with E-state index < -0.39 is 30.3 Å². The van der Waals surface area contributed by atoms with Crippen LogP contribution in [0.3, 0.4) is 0 Å². The molecule has 0 radical (unpaired) electrons. The fourth-order valence-corrected chi connectivity index (χ4v) is 9.75. The maximum atomic E-state index is 13.2. The molecule has 2 bridgehead atoms. The molecular weight excluding hydrogens is 520 g/mol.